The van der Waals surface area contributed by atoms with Gasteiger partial charge in [-0.1, -0.05) is 18.2 Å². The molecule has 2 aromatic rings. The molecule has 2 bridgehead atoms. The third-order valence-electron chi connectivity index (χ3n) is 4.98. The molecule has 4 heterocycles. The van der Waals surface area contributed by atoms with Gasteiger partial charge in [0.1, 0.15) is 6.10 Å². The fraction of sp³-hybridized carbons (Fsp3) is 0.467. The average molecular weight is 285 g/mol. The molecule has 6 rings (SSSR count). The van der Waals surface area contributed by atoms with E-state index in [9.17, 15) is 9.59 Å². The van der Waals surface area contributed by atoms with Gasteiger partial charge in [0.2, 0.25) is 0 Å². The van der Waals surface area contributed by atoms with Gasteiger partial charge in [0.05, 0.1) is 23.9 Å². The lowest BCUT2D eigenvalue weighted by molar-refractivity contribution is 0.163. The number of nitrogens with zero attached hydrogens (tertiary/aromatic N) is 3. The Balaban J connectivity index is 1.81. The summed E-state index contributed by atoms with van der Waals surface area (Å²) in [4.78, 5) is 25.6. The molecule has 2 fully saturated rings. The third-order valence-corrected chi connectivity index (χ3v) is 4.98. The fourth-order valence-corrected chi connectivity index (χ4v) is 3.98. The number of hydrogen-bond donors (Lipinski definition) is 0. The number of aromatic nitrogens is 3. The lowest BCUT2D eigenvalue weighted by Gasteiger charge is -2.28. The van der Waals surface area contributed by atoms with Crippen LogP contribution in [0.1, 0.15) is 31.3 Å². The lowest BCUT2D eigenvalue weighted by Crippen LogP contribution is -2.37. The molecule has 1 aromatic carbocycles. The van der Waals surface area contributed by atoms with Gasteiger partial charge in [0.15, 0.2) is 0 Å². The van der Waals surface area contributed by atoms with E-state index in [1.54, 1.807) is 21.5 Å². The lowest BCUT2D eigenvalue weighted by atomic mass is 10.1. The molecule has 0 unspecified atom stereocenters. The van der Waals surface area contributed by atoms with Crippen molar-refractivity contribution in [2.45, 2.75) is 43.6 Å². The number of benzene rings is 1. The Kier molecular flexibility index (Phi) is 2.07. The third kappa shape index (κ3) is 1.40. The van der Waals surface area contributed by atoms with Crippen LogP contribution in [0.5, 0.6) is 0 Å². The van der Waals surface area contributed by atoms with Crippen LogP contribution in [0.15, 0.2) is 39.9 Å². The van der Waals surface area contributed by atoms with Crippen LogP contribution < -0.4 is 11.4 Å². The van der Waals surface area contributed by atoms with E-state index >= 15 is 0 Å². The first-order valence-corrected chi connectivity index (χ1v) is 7.42. The molecule has 1 saturated heterocycles. The maximum Gasteiger partial charge on any atom is 0.352 e. The molecule has 1 saturated carbocycles. The van der Waals surface area contributed by atoms with E-state index in [0.717, 1.165) is 19.3 Å². The maximum atomic E-state index is 12.8. The smallest absolute Gasteiger partial charge is 0.352 e. The molecule has 6 nitrogen and oxygen atoms in total. The summed E-state index contributed by atoms with van der Waals surface area (Å²) in [5.74, 6) is 0. The fourth-order valence-electron chi connectivity index (χ4n) is 3.98. The Hall–Kier alpha value is -2.08. The minimum atomic E-state index is -0.239. The highest BCUT2D eigenvalue weighted by Gasteiger charge is 2.54. The highest BCUT2D eigenvalue weighted by molar-refractivity contribution is 5.30. The first-order valence-electron chi connectivity index (χ1n) is 7.42. The van der Waals surface area contributed by atoms with Crippen LogP contribution in [0.25, 0.3) is 5.69 Å². The van der Waals surface area contributed by atoms with Gasteiger partial charge in [-0.2, -0.15) is 0 Å². The van der Waals surface area contributed by atoms with Crippen LogP contribution >= 0.6 is 0 Å². The van der Waals surface area contributed by atoms with Crippen molar-refractivity contribution in [2.75, 3.05) is 0 Å². The number of epoxide rings is 1. The van der Waals surface area contributed by atoms with Gasteiger partial charge in [0.25, 0.3) is 0 Å². The van der Waals surface area contributed by atoms with Gasteiger partial charge in [-0.3, -0.25) is 0 Å². The van der Waals surface area contributed by atoms with E-state index in [2.05, 4.69) is 0 Å². The van der Waals surface area contributed by atoms with Crippen molar-refractivity contribution < 1.29 is 4.74 Å². The Morgan fingerprint density at radius 2 is 1.76 bits per heavy atom. The molecule has 1 aromatic heterocycles. The van der Waals surface area contributed by atoms with Gasteiger partial charge in [-0.25, -0.2) is 23.5 Å². The maximum absolute atomic E-state index is 12.8. The quantitative estimate of drug-likeness (QED) is 0.730. The highest BCUT2D eigenvalue weighted by Crippen LogP contribution is 2.47. The summed E-state index contributed by atoms with van der Waals surface area (Å²) in [6, 6.07) is 9.23. The Morgan fingerprint density at radius 3 is 2.57 bits per heavy atom. The normalized spacial score (nSPS) is 32.4. The van der Waals surface area contributed by atoms with E-state index in [0.29, 0.717) is 5.69 Å². The Labute approximate surface area is 120 Å². The van der Waals surface area contributed by atoms with Gasteiger partial charge in [0, 0.05) is 0 Å². The van der Waals surface area contributed by atoms with Gasteiger partial charge in [-0.05, 0) is 31.4 Å². The molecule has 0 spiro atoms. The predicted octanol–water partition coefficient (Wildman–Crippen LogP) is 0.848. The molecule has 0 amide bonds. The van der Waals surface area contributed by atoms with Crippen molar-refractivity contribution in [3.8, 4) is 5.69 Å². The summed E-state index contributed by atoms with van der Waals surface area (Å²) in [5, 5.41) is 0. The van der Waals surface area contributed by atoms with Crippen molar-refractivity contribution in [3.63, 3.8) is 0 Å². The van der Waals surface area contributed by atoms with Crippen LogP contribution in [0.3, 0.4) is 0 Å². The standard InChI is InChI=1S/C15H15N3O3/c19-14-16(9-4-2-1-3-5-9)15(20)18-11-7-6-10(17(14)18)8-12-13(11)21-12/h1-5,10-13H,6-8H2/t10-,11-,12-,13+/m1/s1. The monoisotopic (exact) mass is 285 g/mol. The second kappa shape index (κ2) is 3.76. The second-order valence-corrected chi connectivity index (χ2v) is 6.10. The van der Waals surface area contributed by atoms with E-state index in [4.69, 9.17) is 4.74 Å². The SMILES string of the molecule is O=c1n(-c2ccccc2)c(=O)n2n1[C@@H]1CC[C@@H]2[C@@H]2O[C@@H]2C1. The van der Waals surface area contributed by atoms with Crippen molar-refractivity contribution in [1.82, 2.24) is 13.9 Å². The minimum absolute atomic E-state index is 0.0129. The predicted molar refractivity (Wildman–Crippen MR) is 74.9 cm³/mol. The number of fused-ring (bicyclic) bond motifs is 1. The zero-order valence-corrected chi connectivity index (χ0v) is 11.4. The number of ether oxygens (including phenoxy) is 1. The van der Waals surface area contributed by atoms with Crippen molar-refractivity contribution in [1.29, 1.82) is 0 Å². The van der Waals surface area contributed by atoms with Crippen LogP contribution in [0.2, 0.25) is 0 Å². The molecule has 1 aliphatic carbocycles. The van der Waals surface area contributed by atoms with Gasteiger partial charge >= 0.3 is 11.4 Å². The van der Waals surface area contributed by atoms with Crippen LogP contribution in [-0.4, -0.2) is 26.1 Å². The van der Waals surface area contributed by atoms with Crippen LogP contribution in [0, 0.1) is 0 Å². The number of rotatable bonds is 1. The molecule has 0 radical (unpaired) electrons. The van der Waals surface area contributed by atoms with Gasteiger partial charge in [-0.15, -0.1) is 0 Å². The van der Waals surface area contributed by atoms with Gasteiger partial charge < -0.3 is 4.74 Å². The summed E-state index contributed by atoms with van der Waals surface area (Å²) < 4.78 is 10.3. The summed E-state index contributed by atoms with van der Waals surface area (Å²) >= 11 is 0. The average Bonchev–Trinajstić information content (AvgIpc) is 3.23. The highest BCUT2D eigenvalue weighted by atomic mass is 16.6. The van der Waals surface area contributed by atoms with Crippen LogP contribution in [0.4, 0.5) is 0 Å². The van der Waals surface area contributed by atoms with E-state index < -0.39 is 0 Å². The largest absolute Gasteiger partial charge is 0.367 e. The summed E-state index contributed by atoms with van der Waals surface area (Å²) in [5.41, 5.74) is 0.174. The second-order valence-electron chi connectivity index (χ2n) is 6.10. The molecule has 6 heteroatoms. The number of hydrogen-bond acceptors (Lipinski definition) is 3. The molecule has 108 valence electrons. The summed E-state index contributed by atoms with van der Waals surface area (Å²) in [6.45, 7) is 0. The molecule has 0 N–H and O–H groups in total. The zero-order valence-electron chi connectivity index (χ0n) is 11.4. The zero-order chi connectivity index (χ0) is 14.1. The van der Waals surface area contributed by atoms with E-state index in [-0.39, 0.29) is 35.7 Å². The van der Waals surface area contributed by atoms with Crippen molar-refractivity contribution in [2.24, 2.45) is 0 Å². The van der Waals surface area contributed by atoms with E-state index in [1.807, 2.05) is 18.2 Å². The topological polar surface area (TPSA) is 61.5 Å². The summed E-state index contributed by atoms with van der Waals surface area (Å²) in [7, 11) is 0. The number of para-hydroxylation sites is 1. The Bertz CT molecular complexity index is 832. The molecule has 3 aliphatic heterocycles. The van der Waals surface area contributed by atoms with Crippen molar-refractivity contribution in [3.05, 3.63) is 51.3 Å². The Morgan fingerprint density at radius 1 is 1.00 bits per heavy atom. The molecular formula is C15H15N3O3. The minimum Gasteiger partial charge on any atom is -0.367 e. The molecule has 4 aliphatic rings. The first kappa shape index (κ1) is 11.6. The van der Waals surface area contributed by atoms with Crippen molar-refractivity contribution >= 4 is 0 Å². The first-order chi connectivity index (χ1) is 10.3. The molecule has 4 atom stereocenters. The van der Waals surface area contributed by atoms with E-state index in [1.165, 1.54) is 4.57 Å². The summed E-state index contributed by atoms with van der Waals surface area (Å²) in [6.07, 6.45) is 3.08. The molecular weight excluding hydrogens is 270 g/mol. The van der Waals surface area contributed by atoms with Crippen LogP contribution in [-0.2, 0) is 4.74 Å². The molecule has 21 heavy (non-hydrogen) atoms.